The van der Waals surface area contributed by atoms with E-state index >= 15 is 0 Å². The van der Waals surface area contributed by atoms with Gasteiger partial charge < -0.3 is 0 Å². The fourth-order valence-corrected chi connectivity index (χ4v) is 4.45. The van der Waals surface area contributed by atoms with E-state index in [1.165, 1.54) is 35.6 Å². The third kappa shape index (κ3) is 4.39. The van der Waals surface area contributed by atoms with E-state index in [9.17, 15) is 13.2 Å². The van der Waals surface area contributed by atoms with E-state index in [2.05, 4.69) is 9.71 Å². The van der Waals surface area contributed by atoms with Crippen LogP contribution in [-0.4, -0.2) is 19.3 Å². The maximum Gasteiger partial charge on any atom is 0.264 e. The predicted octanol–water partition coefficient (Wildman–Crippen LogP) is 3.04. The Bertz CT molecular complexity index is 1110. The first-order valence-corrected chi connectivity index (χ1v) is 10.3. The average Bonchev–Trinajstić information content (AvgIpc) is 3.02. The molecule has 0 unspecified atom stereocenters. The zero-order valence-electron chi connectivity index (χ0n) is 14.3. The Hall–Kier alpha value is -3.02. The summed E-state index contributed by atoms with van der Waals surface area (Å²) < 4.78 is 26.8. The fraction of sp³-hybridized carbons (Fsp3) is 0.105. The highest BCUT2D eigenvalue weighted by Gasteiger charge is 2.20. The molecule has 0 radical (unpaired) electrons. The average molecular weight is 397 g/mol. The summed E-state index contributed by atoms with van der Waals surface area (Å²) in [5.41, 5.74) is 1.90. The Balaban J connectivity index is 1.79. The quantitative estimate of drug-likeness (QED) is 0.713. The number of nitrogens with zero attached hydrogens (tertiary/aromatic N) is 2. The van der Waals surface area contributed by atoms with Crippen LogP contribution in [0, 0.1) is 18.3 Å². The first kappa shape index (κ1) is 18.8. The molecular weight excluding hydrogens is 382 g/mol. The highest BCUT2D eigenvalue weighted by Crippen LogP contribution is 2.28. The molecule has 6 nitrogen and oxygen atoms in total. The third-order valence-corrected chi connectivity index (χ3v) is 6.07. The van der Waals surface area contributed by atoms with Crippen LogP contribution >= 0.6 is 11.3 Å². The molecular formula is C19H15N3O3S2. The second-order valence-electron chi connectivity index (χ2n) is 5.71. The summed E-state index contributed by atoms with van der Waals surface area (Å²) >= 11 is 1.36. The van der Waals surface area contributed by atoms with E-state index in [-0.39, 0.29) is 11.3 Å². The van der Waals surface area contributed by atoms with Crippen molar-refractivity contribution < 1.29 is 13.2 Å². The monoisotopic (exact) mass is 397 g/mol. The zero-order chi connectivity index (χ0) is 19.4. The standard InChI is InChI=1S/C19H15N3O3S2/c1-13-21-19(15-5-3-2-4-6-15)17(26-13)11-18(23)22-27(24,25)16-9-7-14(12-20)8-10-16/h2-10H,11H2,1H3,(H,22,23). The Labute approximate surface area is 161 Å². The van der Waals surface area contributed by atoms with Gasteiger partial charge in [0.15, 0.2) is 0 Å². The number of sulfonamides is 1. The molecule has 0 bridgehead atoms. The lowest BCUT2D eigenvalue weighted by atomic mass is 10.1. The van der Waals surface area contributed by atoms with Crippen LogP contribution in [0.25, 0.3) is 11.3 Å². The summed E-state index contributed by atoms with van der Waals surface area (Å²) in [5, 5.41) is 9.59. The number of hydrogen-bond donors (Lipinski definition) is 1. The fourth-order valence-electron chi connectivity index (χ4n) is 2.51. The highest BCUT2D eigenvalue weighted by molar-refractivity contribution is 7.90. The van der Waals surface area contributed by atoms with Gasteiger partial charge in [0.1, 0.15) is 0 Å². The van der Waals surface area contributed by atoms with Crippen molar-refractivity contribution in [2.24, 2.45) is 0 Å². The van der Waals surface area contributed by atoms with Crippen LogP contribution in [0.5, 0.6) is 0 Å². The maximum atomic E-state index is 12.4. The predicted molar refractivity (Wildman–Crippen MR) is 102 cm³/mol. The van der Waals surface area contributed by atoms with Crippen molar-refractivity contribution in [2.45, 2.75) is 18.2 Å². The number of aromatic nitrogens is 1. The minimum absolute atomic E-state index is 0.0707. The Kier molecular flexibility index (Phi) is 5.35. The van der Waals surface area contributed by atoms with Crippen molar-refractivity contribution in [1.29, 1.82) is 5.26 Å². The van der Waals surface area contributed by atoms with Gasteiger partial charge in [-0.25, -0.2) is 18.1 Å². The lowest BCUT2D eigenvalue weighted by Gasteiger charge is -2.07. The molecule has 2 aromatic carbocycles. The molecule has 1 aromatic heterocycles. The van der Waals surface area contributed by atoms with Crippen LogP contribution in [0.1, 0.15) is 15.4 Å². The van der Waals surface area contributed by atoms with Crippen LogP contribution in [0.3, 0.4) is 0 Å². The van der Waals surface area contributed by atoms with E-state index in [1.807, 2.05) is 43.3 Å². The largest absolute Gasteiger partial charge is 0.274 e. The van der Waals surface area contributed by atoms with Crippen LogP contribution in [0.15, 0.2) is 59.5 Å². The summed E-state index contributed by atoms with van der Waals surface area (Å²) in [5.74, 6) is -0.639. The van der Waals surface area contributed by atoms with Gasteiger partial charge in [-0.1, -0.05) is 30.3 Å². The number of nitriles is 1. The molecule has 1 N–H and O–H groups in total. The summed E-state index contributed by atoms with van der Waals surface area (Å²) in [4.78, 5) is 17.4. The molecule has 1 amide bonds. The van der Waals surface area contributed by atoms with Gasteiger partial charge in [0.05, 0.1) is 33.7 Å². The Morgan fingerprint density at radius 1 is 1.15 bits per heavy atom. The molecule has 8 heteroatoms. The summed E-state index contributed by atoms with van der Waals surface area (Å²) in [6.45, 7) is 1.84. The van der Waals surface area contributed by atoms with Gasteiger partial charge in [-0.05, 0) is 31.2 Å². The number of nitrogens with one attached hydrogen (secondary N) is 1. The summed E-state index contributed by atoms with van der Waals surface area (Å²) in [7, 11) is -4.00. The van der Waals surface area contributed by atoms with Crippen LogP contribution < -0.4 is 4.72 Å². The molecule has 0 aliphatic rings. The van der Waals surface area contributed by atoms with Gasteiger partial charge in [0, 0.05) is 10.4 Å². The molecule has 136 valence electrons. The van der Waals surface area contributed by atoms with Gasteiger partial charge in [-0.2, -0.15) is 5.26 Å². The highest BCUT2D eigenvalue weighted by atomic mass is 32.2. The third-order valence-electron chi connectivity index (χ3n) is 3.71. The zero-order valence-corrected chi connectivity index (χ0v) is 16.0. The molecule has 3 aromatic rings. The van der Waals surface area contributed by atoms with Crippen LogP contribution in [-0.2, 0) is 21.2 Å². The second-order valence-corrected chi connectivity index (χ2v) is 8.68. The lowest BCUT2D eigenvalue weighted by molar-refractivity contribution is -0.118. The van der Waals surface area contributed by atoms with Gasteiger partial charge in [-0.15, -0.1) is 11.3 Å². The number of carbonyl (C=O) groups excluding carboxylic acids is 1. The number of rotatable bonds is 5. The molecule has 0 fully saturated rings. The summed E-state index contributed by atoms with van der Waals surface area (Å²) in [6, 6.07) is 16.7. The number of aryl methyl sites for hydroxylation is 1. The van der Waals surface area contributed by atoms with Gasteiger partial charge >= 0.3 is 0 Å². The number of amides is 1. The molecule has 0 atom stereocenters. The minimum Gasteiger partial charge on any atom is -0.274 e. The number of hydrogen-bond acceptors (Lipinski definition) is 6. The van der Waals surface area contributed by atoms with Gasteiger partial charge in [0.25, 0.3) is 10.0 Å². The van der Waals surface area contributed by atoms with Crippen molar-refractivity contribution in [3.8, 4) is 17.3 Å². The molecule has 0 aliphatic carbocycles. The number of thiazole rings is 1. The van der Waals surface area contributed by atoms with E-state index in [1.54, 1.807) is 0 Å². The molecule has 1 heterocycles. The Morgan fingerprint density at radius 2 is 1.81 bits per heavy atom. The molecule has 0 saturated heterocycles. The molecule has 3 rings (SSSR count). The topological polar surface area (TPSA) is 99.9 Å². The van der Waals surface area contributed by atoms with Gasteiger partial charge in [-0.3, -0.25) is 4.79 Å². The molecule has 27 heavy (non-hydrogen) atoms. The van der Waals surface area contributed by atoms with Crippen LogP contribution in [0.2, 0.25) is 0 Å². The van der Waals surface area contributed by atoms with Crippen molar-refractivity contribution in [3.05, 3.63) is 70.0 Å². The second kappa shape index (κ2) is 7.70. The number of carbonyl (C=O) groups is 1. The molecule has 0 saturated carbocycles. The molecule has 0 spiro atoms. The van der Waals surface area contributed by atoms with Crippen molar-refractivity contribution in [1.82, 2.24) is 9.71 Å². The van der Waals surface area contributed by atoms with E-state index in [0.717, 1.165) is 10.6 Å². The lowest BCUT2D eigenvalue weighted by Crippen LogP contribution is -2.31. The van der Waals surface area contributed by atoms with Crippen molar-refractivity contribution in [3.63, 3.8) is 0 Å². The minimum atomic E-state index is -4.00. The van der Waals surface area contributed by atoms with Crippen molar-refractivity contribution >= 4 is 27.3 Å². The van der Waals surface area contributed by atoms with E-state index in [0.29, 0.717) is 16.1 Å². The first-order valence-electron chi connectivity index (χ1n) is 7.96. The maximum absolute atomic E-state index is 12.4. The van der Waals surface area contributed by atoms with E-state index in [4.69, 9.17) is 5.26 Å². The summed E-state index contributed by atoms with van der Waals surface area (Å²) in [6.07, 6.45) is -0.0920. The van der Waals surface area contributed by atoms with Gasteiger partial charge in [0.2, 0.25) is 5.91 Å². The Morgan fingerprint density at radius 3 is 2.44 bits per heavy atom. The smallest absolute Gasteiger partial charge is 0.264 e. The van der Waals surface area contributed by atoms with Crippen molar-refractivity contribution in [2.75, 3.05) is 0 Å². The molecule has 0 aliphatic heterocycles. The first-order chi connectivity index (χ1) is 12.9. The SMILES string of the molecule is Cc1nc(-c2ccccc2)c(CC(=O)NS(=O)(=O)c2ccc(C#N)cc2)s1. The van der Waals surface area contributed by atoms with Crippen LogP contribution in [0.4, 0.5) is 0 Å². The number of benzene rings is 2. The normalized spacial score (nSPS) is 11.0. The van der Waals surface area contributed by atoms with E-state index < -0.39 is 15.9 Å².